The van der Waals surface area contributed by atoms with Crippen molar-refractivity contribution in [2.24, 2.45) is 0 Å². The number of benzene rings is 1. The molecule has 1 saturated carbocycles. The van der Waals surface area contributed by atoms with Crippen LogP contribution in [0.2, 0.25) is 0 Å². The average molecular weight is 379 g/mol. The quantitative estimate of drug-likeness (QED) is 0.385. The fourth-order valence-electron chi connectivity index (χ4n) is 3.21. The minimum Gasteiger partial charge on any atom is -0.466 e. The van der Waals surface area contributed by atoms with E-state index in [0.717, 1.165) is 43.9 Å². The van der Waals surface area contributed by atoms with Crippen LogP contribution in [0.15, 0.2) is 18.2 Å². The van der Waals surface area contributed by atoms with E-state index in [2.05, 4.69) is 0 Å². The summed E-state index contributed by atoms with van der Waals surface area (Å²) in [5, 5.41) is 22.1. The molecule has 1 aliphatic rings. The monoisotopic (exact) mass is 379 g/mol. The molecule has 146 valence electrons. The zero-order chi connectivity index (χ0) is 20.0. The van der Waals surface area contributed by atoms with Crippen LogP contribution >= 0.6 is 0 Å². The van der Waals surface area contributed by atoms with E-state index in [1.807, 2.05) is 0 Å². The van der Waals surface area contributed by atoms with Gasteiger partial charge in [0.05, 0.1) is 34.5 Å². The first-order chi connectivity index (χ1) is 12.8. The Bertz CT molecular complexity index is 712. The molecule has 0 radical (unpaired) electrons. The molecule has 0 aromatic heterocycles. The van der Waals surface area contributed by atoms with Crippen LogP contribution in [0.3, 0.4) is 0 Å². The van der Waals surface area contributed by atoms with Crippen molar-refractivity contribution in [3.63, 3.8) is 0 Å². The Labute approximate surface area is 155 Å². The maximum Gasteiger partial charge on any atom is 0.307 e. The number of nitrogens with zero attached hydrogens (tertiary/aromatic N) is 3. The van der Waals surface area contributed by atoms with Gasteiger partial charge in [-0.05, 0) is 19.8 Å². The lowest BCUT2D eigenvalue weighted by Crippen LogP contribution is -2.40. The van der Waals surface area contributed by atoms with Crippen molar-refractivity contribution in [2.75, 3.05) is 13.2 Å². The SMILES string of the molecule is CCOC(=O)CCN(C(=O)c1cc([N+](=O)[O-])cc([N+](=O)[O-])c1)C1CCCC1. The molecule has 0 saturated heterocycles. The molecule has 0 spiro atoms. The Morgan fingerprint density at radius 3 is 2.15 bits per heavy atom. The summed E-state index contributed by atoms with van der Waals surface area (Å²) in [5.74, 6) is -1.00. The summed E-state index contributed by atoms with van der Waals surface area (Å²) >= 11 is 0. The lowest BCUT2D eigenvalue weighted by atomic mass is 10.1. The van der Waals surface area contributed by atoms with Crippen molar-refractivity contribution in [3.8, 4) is 0 Å². The normalized spacial score (nSPS) is 14.0. The van der Waals surface area contributed by atoms with Gasteiger partial charge in [0, 0.05) is 24.7 Å². The van der Waals surface area contributed by atoms with E-state index < -0.39 is 33.1 Å². The summed E-state index contributed by atoms with van der Waals surface area (Å²) in [6.45, 7) is 2.01. The second kappa shape index (κ2) is 9.06. The molecule has 2 rings (SSSR count). The van der Waals surface area contributed by atoms with Gasteiger partial charge in [0.25, 0.3) is 17.3 Å². The van der Waals surface area contributed by atoms with Crippen LogP contribution in [0.25, 0.3) is 0 Å². The lowest BCUT2D eigenvalue weighted by molar-refractivity contribution is -0.394. The summed E-state index contributed by atoms with van der Waals surface area (Å²) in [7, 11) is 0. The molecule has 10 nitrogen and oxygen atoms in total. The molecule has 0 aliphatic heterocycles. The number of hydrogen-bond acceptors (Lipinski definition) is 7. The maximum atomic E-state index is 13.0. The first-order valence-electron chi connectivity index (χ1n) is 8.74. The number of carbonyl (C=O) groups excluding carboxylic acids is 2. The van der Waals surface area contributed by atoms with Crippen LogP contribution < -0.4 is 0 Å². The highest BCUT2D eigenvalue weighted by molar-refractivity contribution is 5.96. The Kier molecular flexibility index (Phi) is 6.80. The third kappa shape index (κ3) is 5.22. The first kappa shape index (κ1) is 20.3. The number of non-ortho nitro benzene ring substituents is 2. The molecular weight excluding hydrogens is 358 g/mol. The van der Waals surface area contributed by atoms with Gasteiger partial charge in [0.2, 0.25) is 0 Å². The third-order valence-electron chi connectivity index (χ3n) is 4.46. The van der Waals surface area contributed by atoms with Crippen molar-refractivity contribution in [2.45, 2.75) is 45.1 Å². The number of esters is 1. The summed E-state index contributed by atoms with van der Waals surface area (Å²) in [6.07, 6.45) is 3.37. The third-order valence-corrected chi connectivity index (χ3v) is 4.46. The van der Waals surface area contributed by atoms with Crippen LogP contribution in [0.1, 0.15) is 49.4 Å². The zero-order valence-electron chi connectivity index (χ0n) is 15.0. The topological polar surface area (TPSA) is 133 Å². The van der Waals surface area contributed by atoms with Crippen LogP contribution in [0, 0.1) is 20.2 Å². The van der Waals surface area contributed by atoms with Gasteiger partial charge in [0.1, 0.15) is 0 Å². The van der Waals surface area contributed by atoms with Crippen molar-refractivity contribution in [3.05, 3.63) is 44.0 Å². The van der Waals surface area contributed by atoms with Gasteiger partial charge in [-0.1, -0.05) is 12.8 Å². The second-order valence-electron chi connectivity index (χ2n) is 6.24. The Morgan fingerprint density at radius 1 is 1.11 bits per heavy atom. The minimum atomic E-state index is -0.775. The number of hydrogen-bond donors (Lipinski definition) is 0. The summed E-state index contributed by atoms with van der Waals surface area (Å²) in [4.78, 5) is 46.7. The van der Waals surface area contributed by atoms with E-state index >= 15 is 0 Å². The van der Waals surface area contributed by atoms with E-state index in [1.165, 1.54) is 4.90 Å². The molecule has 1 aromatic rings. The van der Waals surface area contributed by atoms with E-state index in [1.54, 1.807) is 6.92 Å². The number of nitro benzene ring substituents is 2. The summed E-state index contributed by atoms with van der Waals surface area (Å²) in [5.41, 5.74) is -1.18. The molecule has 27 heavy (non-hydrogen) atoms. The molecule has 10 heteroatoms. The van der Waals surface area contributed by atoms with E-state index in [0.29, 0.717) is 0 Å². The highest BCUT2D eigenvalue weighted by Crippen LogP contribution is 2.28. The number of nitro groups is 2. The predicted molar refractivity (Wildman–Crippen MR) is 94.3 cm³/mol. The van der Waals surface area contributed by atoms with Gasteiger partial charge in [-0.3, -0.25) is 29.8 Å². The number of amides is 1. The second-order valence-corrected chi connectivity index (χ2v) is 6.24. The van der Waals surface area contributed by atoms with E-state index in [4.69, 9.17) is 4.74 Å². The lowest BCUT2D eigenvalue weighted by Gasteiger charge is -2.28. The van der Waals surface area contributed by atoms with Crippen LogP contribution in [-0.2, 0) is 9.53 Å². The van der Waals surface area contributed by atoms with Crippen molar-refractivity contribution >= 4 is 23.3 Å². The smallest absolute Gasteiger partial charge is 0.307 e. The maximum absolute atomic E-state index is 13.0. The van der Waals surface area contributed by atoms with Crippen LogP contribution in [-0.4, -0.2) is 45.8 Å². The standard InChI is InChI=1S/C17H21N3O7/c1-2-27-16(21)7-8-18(13-5-3-4-6-13)17(22)12-9-14(19(23)24)11-15(10-12)20(25)26/h9-11,13H,2-8H2,1H3. The zero-order valence-corrected chi connectivity index (χ0v) is 15.0. The number of rotatable bonds is 8. The van der Waals surface area contributed by atoms with Gasteiger partial charge < -0.3 is 9.64 Å². The van der Waals surface area contributed by atoms with Gasteiger partial charge in [0.15, 0.2) is 0 Å². The van der Waals surface area contributed by atoms with Crippen molar-refractivity contribution in [1.29, 1.82) is 0 Å². The van der Waals surface area contributed by atoms with Gasteiger partial charge >= 0.3 is 5.97 Å². The minimum absolute atomic E-state index is 0.00685. The highest BCUT2D eigenvalue weighted by atomic mass is 16.6. The molecule has 1 amide bonds. The molecule has 0 atom stereocenters. The molecule has 1 fully saturated rings. The Balaban J connectivity index is 2.31. The van der Waals surface area contributed by atoms with E-state index in [9.17, 15) is 29.8 Å². The average Bonchev–Trinajstić information content (AvgIpc) is 3.15. The van der Waals surface area contributed by atoms with Crippen LogP contribution in [0.4, 0.5) is 11.4 Å². The molecular formula is C17H21N3O7. The number of ether oxygens (including phenoxy) is 1. The van der Waals surface area contributed by atoms with Crippen LogP contribution in [0.5, 0.6) is 0 Å². The fraction of sp³-hybridized carbons (Fsp3) is 0.529. The van der Waals surface area contributed by atoms with Gasteiger partial charge in [-0.2, -0.15) is 0 Å². The van der Waals surface area contributed by atoms with Gasteiger partial charge in [-0.25, -0.2) is 0 Å². The van der Waals surface area contributed by atoms with Gasteiger partial charge in [-0.15, -0.1) is 0 Å². The number of carbonyl (C=O) groups is 2. The summed E-state index contributed by atoms with van der Waals surface area (Å²) < 4.78 is 4.89. The molecule has 0 heterocycles. The fourth-order valence-corrected chi connectivity index (χ4v) is 3.21. The van der Waals surface area contributed by atoms with Crippen molar-refractivity contribution < 1.29 is 24.2 Å². The largest absolute Gasteiger partial charge is 0.466 e. The molecule has 0 N–H and O–H groups in total. The highest BCUT2D eigenvalue weighted by Gasteiger charge is 2.30. The first-order valence-corrected chi connectivity index (χ1v) is 8.74. The molecule has 0 bridgehead atoms. The van der Waals surface area contributed by atoms with E-state index in [-0.39, 0.29) is 31.2 Å². The molecule has 1 aliphatic carbocycles. The predicted octanol–water partition coefficient (Wildman–Crippen LogP) is 2.84. The summed E-state index contributed by atoms with van der Waals surface area (Å²) in [6, 6.07) is 2.77. The van der Waals surface area contributed by atoms with Crippen molar-refractivity contribution in [1.82, 2.24) is 4.90 Å². The Hall–Kier alpha value is -3.04. The Morgan fingerprint density at radius 2 is 1.67 bits per heavy atom. The molecule has 0 unspecified atom stereocenters. The molecule has 1 aromatic carbocycles.